The van der Waals surface area contributed by atoms with Crippen LogP contribution in [-0.4, -0.2) is 42.9 Å². The Morgan fingerprint density at radius 1 is 1.63 bits per heavy atom. The molecule has 1 aromatic rings. The highest BCUT2D eigenvalue weighted by Gasteiger charge is 2.22. The summed E-state index contributed by atoms with van der Waals surface area (Å²) in [5, 5.41) is 23.8. The number of nitrogens with zero attached hydrogens (tertiary/aromatic N) is 1. The van der Waals surface area contributed by atoms with Crippen LogP contribution in [0.15, 0.2) is 12.1 Å². The minimum Gasteiger partial charge on any atom is -0.500 e. The Morgan fingerprint density at radius 3 is 3.00 bits per heavy atom. The number of ether oxygens (including phenoxy) is 2. The molecule has 1 aliphatic heterocycles. The van der Waals surface area contributed by atoms with Crippen LogP contribution < -0.4 is 10.1 Å². The fourth-order valence-corrected chi connectivity index (χ4v) is 2.07. The second kappa shape index (κ2) is 5.85. The summed E-state index contributed by atoms with van der Waals surface area (Å²) in [6, 6.07) is 2.95. The molecule has 0 saturated carbocycles. The van der Waals surface area contributed by atoms with Crippen LogP contribution in [-0.2, 0) is 11.2 Å². The normalized spacial score (nSPS) is 19.1. The third-order valence-electron chi connectivity index (χ3n) is 3.00. The summed E-state index contributed by atoms with van der Waals surface area (Å²) < 4.78 is 10.5. The van der Waals surface area contributed by atoms with Gasteiger partial charge < -0.3 is 19.9 Å². The highest BCUT2D eigenvalue weighted by Crippen LogP contribution is 2.37. The van der Waals surface area contributed by atoms with Gasteiger partial charge in [0.2, 0.25) is 5.75 Å². The van der Waals surface area contributed by atoms with Crippen LogP contribution in [0.1, 0.15) is 5.56 Å². The van der Waals surface area contributed by atoms with E-state index < -0.39 is 10.7 Å². The molecule has 1 unspecified atom stereocenters. The van der Waals surface area contributed by atoms with Crippen LogP contribution in [0.4, 0.5) is 5.69 Å². The lowest BCUT2D eigenvalue weighted by atomic mass is 10.1. The van der Waals surface area contributed by atoms with Crippen molar-refractivity contribution in [2.45, 2.75) is 12.5 Å². The van der Waals surface area contributed by atoms with Crippen LogP contribution >= 0.6 is 0 Å². The number of benzene rings is 1. The molecule has 1 heterocycles. The Hall–Kier alpha value is -1.86. The van der Waals surface area contributed by atoms with Crippen molar-refractivity contribution >= 4 is 5.69 Å². The number of methoxy groups -OCH3 is 1. The van der Waals surface area contributed by atoms with Gasteiger partial charge in [-0.1, -0.05) is 0 Å². The number of phenols is 1. The summed E-state index contributed by atoms with van der Waals surface area (Å²) in [4.78, 5) is 10.3. The molecular weight excluding hydrogens is 252 g/mol. The number of phenolic OH excluding ortho intramolecular Hbond substituents is 1. The van der Waals surface area contributed by atoms with E-state index in [0.717, 1.165) is 6.54 Å². The molecule has 2 rings (SSSR count). The standard InChI is InChI=1S/C12H16N2O5/c1-18-11-6-8(4-9-7-13-2-3-19-9)5-10(12(11)15)14(16)17/h5-6,9,13,15H,2-4,7H2,1H3. The molecule has 7 heteroatoms. The second-order valence-corrected chi connectivity index (χ2v) is 4.32. The van der Waals surface area contributed by atoms with Crippen molar-refractivity contribution in [2.24, 2.45) is 0 Å². The largest absolute Gasteiger partial charge is 0.500 e. The molecule has 0 aromatic heterocycles. The number of nitrogens with one attached hydrogen (secondary N) is 1. The lowest BCUT2D eigenvalue weighted by Gasteiger charge is -2.23. The average molecular weight is 268 g/mol. The molecular formula is C12H16N2O5. The van der Waals surface area contributed by atoms with E-state index in [1.807, 2.05) is 0 Å². The predicted octanol–water partition coefficient (Wildman–Crippen LogP) is 0.840. The maximum absolute atomic E-state index is 10.9. The van der Waals surface area contributed by atoms with Gasteiger partial charge in [0, 0.05) is 25.6 Å². The molecule has 0 radical (unpaired) electrons. The first kappa shape index (κ1) is 13.6. The van der Waals surface area contributed by atoms with Gasteiger partial charge >= 0.3 is 5.69 Å². The minimum absolute atomic E-state index is 0.0254. The topological polar surface area (TPSA) is 93.9 Å². The van der Waals surface area contributed by atoms with E-state index in [1.54, 1.807) is 6.07 Å². The van der Waals surface area contributed by atoms with Crippen LogP contribution in [0.2, 0.25) is 0 Å². The Balaban J connectivity index is 2.24. The van der Waals surface area contributed by atoms with Gasteiger partial charge in [-0.15, -0.1) is 0 Å². The zero-order valence-electron chi connectivity index (χ0n) is 10.6. The molecule has 1 fully saturated rings. The van der Waals surface area contributed by atoms with Gasteiger partial charge in [0.05, 0.1) is 24.7 Å². The van der Waals surface area contributed by atoms with Crippen molar-refractivity contribution in [3.8, 4) is 11.5 Å². The van der Waals surface area contributed by atoms with Crippen LogP contribution in [0, 0.1) is 10.1 Å². The van der Waals surface area contributed by atoms with Gasteiger partial charge in [0.25, 0.3) is 0 Å². The maximum atomic E-state index is 10.9. The molecule has 2 N–H and O–H groups in total. The molecule has 1 aliphatic rings. The maximum Gasteiger partial charge on any atom is 0.314 e. The summed E-state index contributed by atoms with van der Waals surface area (Å²) in [5.74, 6) is -0.341. The van der Waals surface area contributed by atoms with Crippen molar-refractivity contribution < 1.29 is 19.5 Å². The first-order valence-electron chi connectivity index (χ1n) is 5.98. The fourth-order valence-electron chi connectivity index (χ4n) is 2.07. The number of nitro groups is 1. The molecule has 1 saturated heterocycles. The molecule has 19 heavy (non-hydrogen) atoms. The van der Waals surface area contributed by atoms with Crippen LogP contribution in [0.5, 0.6) is 11.5 Å². The lowest BCUT2D eigenvalue weighted by Crippen LogP contribution is -2.39. The van der Waals surface area contributed by atoms with Crippen molar-refractivity contribution in [1.82, 2.24) is 5.32 Å². The summed E-state index contributed by atoms with van der Waals surface area (Å²) in [5.41, 5.74) is 0.355. The van der Waals surface area contributed by atoms with Crippen molar-refractivity contribution in [1.29, 1.82) is 0 Å². The van der Waals surface area contributed by atoms with Gasteiger partial charge in [0.1, 0.15) is 0 Å². The van der Waals surface area contributed by atoms with Crippen LogP contribution in [0.25, 0.3) is 0 Å². The summed E-state index contributed by atoms with van der Waals surface area (Å²) in [6.07, 6.45) is 0.507. The molecule has 0 spiro atoms. The van der Waals surface area contributed by atoms with Crippen LogP contribution in [0.3, 0.4) is 0 Å². The number of morpholine rings is 1. The third-order valence-corrected chi connectivity index (χ3v) is 3.00. The zero-order chi connectivity index (χ0) is 13.8. The molecule has 1 aromatic carbocycles. The van der Waals surface area contributed by atoms with Gasteiger partial charge in [-0.2, -0.15) is 0 Å². The molecule has 7 nitrogen and oxygen atoms in total. The van der Waals surface area contributed by atoms with Crippen molar-refractivity contribution in [3.63, 3.8) is 0 Å². The number of hydrogen-bond acceptors (Lipinski definition) is 6. The van der Waals surface area contributed by atoms with Gasteiger partial charge in [-0.25, -0.2) is 0 Å². The van der Waals surface area contributed by atoms with Gasteiger partial charge in [-0.3, -0.25) is 10.1 Å². The Bertz CT molecular complexity index is 471. The fraction of sp³-hybridized carbons (Fsp3) is 0.500. The quantitative estimate of drug-likeness (QED) is 0.620. The number of hydrogen-bond donors (Lipinski definition) is 2. The summed E-state index contributed by atoms with van der Waals surface area (Å²) in [7, 11) is 1.36. The summed E-state index contributed by atoms with van der Waals surface area (Å²) in [6.45, 7) is 2.15. The number of aromatic hydroxyl groups is 1. The second-order valence-electron chi connectivity index (χ2n) is 4.32. The van der Waals surface area contributed by atoms with Crippen molar-refractivity contribution in [3.05, 3.63) is 27.8 Å². The molecule has 0 aliphatic carbocycles. The molecule has 1 atom stereocenters. The van der Waals surface area contributed by atoms with E-state index in [0.29, 0.717) is 25.1 Å². The Labute approximate surface area is 110 Å². The van der Waals surface area contributed by atoms with Gasteiger partial charge in [0.15, 0.2) is 5.75 Å². The van der Waals surface area contributed by atoms with Crippen molar-refractivity contribution in [2.75, 3.05) is 26.8 Å². The first-order valence-corrected chi connectivity index (χ1v) is 5.98. The molecule has 0 bridgehead atoms. The van der Waals surface area contributed by atoms with E-state index in [4.69, 9.17) is 9.47 Å². The molecule has 104 valence electrons. The molecule has 0 amide bonds. The number of nitro benzene ring substituents is 1. The van der Waals surface area contributed by atoms with E-state index in [9.17, 15) is 15.2 Å². The highest BCUT2D eigenvalue weighted by molar-refractivity contribution is 5.57. The average Bonchev–Trinajstić information content (AvgIpc) is 2.41. The third kappa shape index (κ3) is 3.12. The zero-order valence-corrected chi connectivity index (χ0v) is 10.6. The van der Waals surface area contributed by atoms with E-state index in [1.165, 1.54) is 13.2 Å². The monoisotopic (exact) mass is 268 g/mol. The smallest absolute Gasteiger partial charge is 0.314 e. The lowest BCUT2D eigenvalue weighted by molar-refractivity contribution is -0.386. The number of rotatable bonds is 4. The predicted molar refractivity (Wildman–Crippen MR) is 67.6 cm³/mol. The first-order chi connectivity index (χ1) is 9.11. The van der Waals surface area contributed by atoms with E-state index in [2.05, 4.69) is 5.32 Å². The minimum atomic E-state index is -0.624. The Morgan fingerprint density at radius 2 is 2.42 bits per heavy atom. The summed E-state index contributed by atoms with van der Waals surface area (Å²) >= 11 is 0. The van der Waals surface area contributed by atoms with E-state index in [-0.39, 0.29) is 17.5 Å². The Kier molecular flexibility index (Phi) is 4.18. The van der Waals surface area contributed by atoms with Gasteiger partial charge in [-0.05, 0) is 11.6 Å². The van der Waals surface area contributed by atoms with E-state index >= 15 is 0 Å². The highest BCUT2D eigenvalue weighted by atomic mass is 16.6. The SMILES string of the molecule is COc1cc(CC2CNCCO2)cc([N+](=O)[O-])c1O.